The molecule has 0 saturated heterocycles. The number of nitro benzene ring substituents is 1. The van der Waals surface area contributed by atoms with E-state index in [0.29, 0.717) is 6.42 Å². The van der Waals surface area contributed by atoms with Gasteiger partial charge in [-0.1, -0.05) is 41.4 Å². The first kappa shape index (κ1) is 14.8. The van der Waals surface area contributed by atoms with Crippen molar-refractivity contribution in [2.75, 3.05) is 0 Å². The van der Waals surface area contributed by atoms with E-state index in [2.05, 4.69) is 4.99 Å². The largest absolute Gasteiger partial charge is 0.481 e. The van der Waals surface area contributed by atoms with Crippen molar-refractivity contribution in [1.82, 2.24) is 0 Å². The summed E-state index contributed by atoms with van der Waals surface area (Å²) in [6.07, 6.45) is 1.98. The van der Waals surface area contributed by atoms with Gasteiger partial charge in [0, 0.05) is 24.8 Å². The lowest BCUT2D eigenvalue weighted by Gasteiger charge is -2.21. The van der Waals surface area contributed by atoms with Gasteiger partial charge in [0.1, 0.15) is 6.10 Å². The fourth-order valence-corrected chi connectivity index (χ4v) is 2.79. The highest BCUT2D eigenvalue weighted by molar-refractivity contribution is 6.37. The van der Waals surface area contributed by atoms with Gasteiger partial charge >= 0.3 is 0 Å². The average molecular weight is 337 g/mol. The Bertz CT molecular complexity index is 754. The summed E-state index contributed by atoms with van der Waals surface area (Å²) >= 11 is 12.1. The Morgan fingerprint density at radius 3 is 2.59 bits per heavy atom. The van der Waals surface area contributed by atoms with Crippen LogP contribution < -0.4 is 4.74 Å². The number of benzene rings is 2. The molecule has 1 unspecified atom stereocenters. The number of hydrogen-bond acceptors (Lipinski definition) is 4. The third-order valence-corrected chi connectivity index (χ3v) is 3.82. The highest BCUT2D eigenvalue weighted by atomic mass is 35.5. The number of ether oxygens (including phenoxy) is 1. The molecule has 22 heavy (non-hydrogen) atoms. The summed E-state index contributed by atoms with van der Waals surface area (Å²) in [4.78, 5) is 14.5. The van der Waals surface area contributed by atoms with Gasteiger partial charge in [0.2, 0.25) is 0 Å². The van der Waals surface area contributed by atoms with E-state index in [9.17, 15) is 10.1 Å². The number of para-hydroxylation sites is 1. The van der Waals surface area contributed by atoms with Crippen LogP contribution in [-0.4, -0.2) is 17.2 Å². The molecule has 0 saturated carbocycles. The molecule has 3 rings (SSSR count). The molecular formula is C15H10Cl2N2O3. The molecule has 0 fully saturated rings. The number of aliphatic imine (C=N–C) groups is 1. The minimum atomic E-state index is -0.556. The quantitative estimate of drug-likeness (QED) is 0.607. The van der Waals surface area contributed by atoms with Crippen LogP contribution in [0.25, 0.3) is 0 Å². The Morgan fingerprint density at radius 1 is 1.23 bits per heavy atom. The molecule has 5 nitrogen and oxygen atoms in total. The molecule has 1 aliphatic heterocycles. The number of rotatable bonds is 3. The molecule has 0 radical (unpaired) electrons. The maximum Gasteiger partial charge on any atom is 0.272 e. The van der Waals surface area contributed by atoms with Crippen LogP contribution in [0.5, 0.6) is 5.75 Å². The van der Waals surface area contributed by atoms with E-state index in [-0.39, 0.29) is 27.6 Å². The van der Waals surface area contributed by atoms with Crippen molar-refractivity contribution in [1.29, 1.82) is 0 Å². The number of fused-ring (bicyclic) bond motifs is 1. The first-order chi connectivity index (χ1) is 10.5. The smallest absolute Gasteiger partial charge is 0.272 e. The van der Waals surface area contributed by atoms with Crippen LogP contribution >= 0.6 is 23.2 Å². The van der Waals surface area contributed by atoms with Crippen molar-refractivity contribution >= 4 is 40.8 Å². The van der Waals surface area contributed by atoms with Gasteiger partial charge in [0.25, 0.3) is 5.69 Å². The molecule has 112 valence electrons. The second-order valence-electron chi connectivity index (χ2n) is 4.76. The van der Waals surface area contributed by atoms with Gasteiger partial charge in [-0.3, -0.25) is 15.1 Å². The highest BCUT2D eigenvalue weighted by Gasteiger charge is 2.21. The zero-order valence-corrected chi connectivity index (χ0v) is 12.7. The van der Waals surface area contributed by atoms with Crippen molar-refractivity contribution in [3.8, 4) is 5.75 Å². The standard InChI is InChI=1S/C15H10Cl2N2O3/c16-12-6-10(19(20)21)7-13(17)15(12)22-11-5-9-3-1-2-4-14(9)18-8-11/h1-4,6-8,11H,5H2. The molecule has 7 heteroatoms. The molecule has 0 aliphatic carbocycles. The van der Waals surface area contributed by atoms with Crippen molar-refractivity contribution in [2.24, 2.45) is 4.99 Å². The Balaban J connectivity index is 1.85. The summed E-state index contributed by atoms with van der Waals surface area (Å²) in [5, 5.41) is 11.0. The number of non-ortho nitro benzene ring substituents is 1. The fourth-order valence-electron chi connectivity index (χ4n) is 2.23. The number of nitrogens with zero attached hydrogens (tertiary/aromatic N) is 2. The van der Waals surface area contributed by atoms with Crippen molar-refractivity contribution < 1.29 is 9.66 Å². The molecule has 0 spiro atoms. The minimum absolute atomic E-state index is 0.103. The van der Waals surface area contributed by atoms with E-state index in [1.54, 1.807) is 6.21 Å². The van der Waals surface area contributed by atoms with Crippen LogP contribution in [0.1, 0.15) is 5.56 Å². The first-order valence-electron chi connectivity index (χ1n) is 6.47. The maximum absolute atomic E-state index is 10.8. The summed E-state index contributed by atoms with van der Waals surface area (Å²) in [7, 11) is 0. The summed E-state index contributed by atoms with van der Waals surface area (Å²) in [6, 6.07) is 10.2. The molecule has 1 aliphatic rings. The zero-order valence-electron chi connectivity index (χ0n) is 11.2. The fraction of sp³-hybridized carbons (Fsp3) is 0.133. The predicted octanol–water partition coefficient (Wildman–Crippen LogP) is 4.61. The number of nitro groups is 1. The molecule has 1 heterocycles. The van der Waals surface area contributed by atoms with Crippen LogP contribution in [0.15, 0.2) is 41.4 Å². The number of hydrogen-bond donors (Lipinski definition) is 0. The monoisotopic (exact) mass is 336 g/mol. The predicted molar refractivity (Wildman–Crippen MR) is 85.8 cm³/mol. The zero-order chi connectivity index (χ0) is 15.7. The van der Waals surface area contributed by atoms with E-state index in [1.165, 1.54) is 12.1 Å². The van der Waals surface area contributed by atoms with E-state index in [4.69, 9.17) is 27.9 Å². The van der Waals surface area contributed by atoms with Crippen LogP contribution in [0.2, 0.25) is 10.0 Å². The van der Waals surface area contributed by atoms with Gasteiger partial charge in [-0.2, -0.15) is 0 Å². The lowest BCUT2D eigenvalue weighted by Crippen LogP contribution is -2.23. The highest BCUT2D eigenvalue weighted by Crippen LogP contribution is 2.38. The molecule has 2 aromatic carbocycles. The van der Waals surface area contributed by atoms with Gasteiger partial charge in [-0.15, -0.1) is 0 Å². The van der Waals surface area contributed by atoms with E-state index in [1.807, 2.05) is 24.3 Å². The topological polar surface area (TPSA) is 64.7 Å². The van der Waals surface area contributed by atoms with Crippen molar-refractivity contribution in [3.05, 3.63) is 62.1 Å². The summed E-state index contributed by atoms with van der Waals surface area (Å²) in [6.45, 7) is 0. The molecule has 1 atom stereocenters. The minimum Gasteiger partial charge on any atom is -0.481 e. The van der Waals surface area contributed by atoms with Gasteiger partial charge in [0.15, 0.2) is 5.75 Å². The van der Waals surface area contributed by atoms with E-state index >= 15 is 0 Å². The Hall–Kier alpha value is -2.11. The van der Waals surface area contributed by atoms with Crippen molar-refractivity contribution in [3.63, 3.8) is 0 Å². The molecule has 0 bridgehead atoms. The lowest BCUT2D eigenvalue weighted by molar-refractivity contribution is -0.384. The average Bonchev–Trinajstić information content (AvgIpc) is 2.50. The molecule has 2 aromatic rings. The van der Waals surface area contributed by atoms with Crippen LogP contribution in [-0.2, 0) is 6.42 Å². The van der Waals surface area contributed by atoms with Crippen LogP contribution in [0.3, 0.4) is 0 Å². The maximum atomic E-state index is 10.8. The molecule has 0 amide bonds. The SMILES string of the molecule is O=[N+]([O-])c1cc(Cl)c(OC2C=Nc3ccccc3C2)c(Cl)c1. The van der Waals surface area contributed by atoms with E-state index in [0.717, 1.165) is 11.3 Å². The molecular weight excluding hydrogens is 327 g/mol. The Kier molecular flexibility index (Phi) is 4.00. The summed E-state index contributed by atoms with van der Waals surface area (Å²) < 4.78 is 5.77. The third-order valence-electron chi connectivity index (χ3n) is 3.26. The van der Waals surface area contributed by atoms with Crippen LogP contribution in [0, 0.1) is 10.1 Å². The normalized spacial score (nSPS) is 16.2. The second kappa shape index (κ2) is 5.94. The Morgan fingerprint density at radius 2 is 1.91 bits per heavy atom. The van der Waals surface area contributed by atoms with E-state index < -0.39 is 4.92 Å². The van der Waals surface area contributed by atoms with Gasteiger partial charge < -0.3 is 4.74 Å². The van der Waals surface area contributed by atoms with Gasteiger partial charge in [-0.25, -0.2) is 0 Å². The lowest BCUT2D eigenvalue weighted by atomic mass is 10.0. The summed E-state index contributed by atoms with van der Waals surface area (Å²) in [5.41, 5.74) is 1.79. The van der Waals surface area contributed by atoms with Gasteiger partial charge in [0.05, 0.1) is 20.7 Å². The second-order valence-corrected chi connectivity index (χ2v) is 5.58. The summed E-state index contributed by atoms with van der Waals surface area (Å²) in [5.74, 6) is 0.227. The third kappa shape index (κ3) is 2.91. The van der Waals surface area contributed by atoms with Crippen LogP contribution in [0.4, 0.5) is 11.4 Å². The van der Waals surface area contributed by atoms with Gasteiger partial charge in [-0.05, 0) is 11.6 Å². The number of halogens is 2. The first-order valence-corrected chi connectivity index (χ1v) is 7.22. The molecule has 0 N–H and O–H groups in total. The molecule has 0 aromatic heterocycles. The Labute approximate surface area is 136 Å². The van der Waals surface area contributed by atoms with Crippen molar-refractivity contribution in [2.45, 2.75) is 12.5 Å².